The molecule has 0 bridgehead atoms. The van der Waals surface area contributed by atoms with Crippen LogP contribution < -0.4 is 15.9 Å². The summed E-state index contributed by atoms with van der Waals surface area (Å²) in [5.41, 5.74) is 5.05. The van der Waals surface area contributed by atoms with Crippen molar-refractivity contribution < 1.29 is 9.90 Å². The molecule has 0 aliphatic rings. The number of carbonyl (C=O) groups excluding carboxylic acids is 1. The number of aromatic hydroxyl groups is 1. The molecule has 1 atom stereocenters. The lowest BCUT2D eigenvalue weighted by Gasteiger charge is -2.12. The number of hydrogen-bond acceptors (Lipinski definition) is 5. The van der Waals surface area contributed by atoms with Gasteiger partial charge in [0.2, 0.25) is 0 Å². The van der Waals surface area contributed by atoms with Gasteiger partial charge in [0.1, 0.15) is 17.3 Å². The quantitative estimate of drug-likeness (QED) is 0.239. The molecule has 4 N–H and O–H groups in total. The fraction of sp³-hybridized carbons (Fsp3) is 0.0357. The lowest BCUT2D eigenvalue weighted by Crippen LogP contribution is -2.13. The highest BCUT2D eigenvalue weighted by atomic mass is 31.0. The molecule has 0 fully saturated rings. The van der Waals surface area contributed by atoms with Gasteiger partial charge in [0.05, 0.1) is 11.9 Å². The molecule has 0 spiro atoms. The molecule has 1 amide bonds. The van der Waals surface area contributed by atoms with E-state index >= 15 is 0 Å². The van der Waals surface area contributed by atoms with Gasteiger partial charge in [0.15, 0.2) is 5.65 Å². The van der Waals surface area contributed by atoms with Crippen molar-refractivity contribution in [2.45, 2.75) is 6.54 Å². The van der Waals surface area contributed by atoms with E-state index in [0.717, 1.165) is 27.6 Å². The minimum Gasteiger partial charge on any atom is -0.507 e. The number of aromatic nitrogens is 4. The van der Waals surface area contributed by atoms with E-state index in [1.54, 1.807) is 22.8 Å². The molecule has 3 aromatic carbocycles. The summed E-state index contributed by atoms with van der Waals surface area (Å²) < 4.78 is 1.73. The molecule has 6 aromatic rings. The summed E-state index contributed by atoms with van der Waals surface area (Å²) >= 11 is 0. The van der Waals surface area contributed by atoms with Crippen molar-refractivity contribution in [3.8, 4) is 17.0 Å². The largest absolute Gasteiger partial charge is 0.507 e. The molecule has 0 saturated heterocycles. The minimum atomic E-state index is -0.200. The van der Waals surface area contributed by atoms with Crippen LogP contribution in [-0.2, 0) is 6.54 Å². The van der Waals surface area contributed by atoms with Crippen molar-refractivity contribution in [3.63, 3.8) is 0 Å². The molecule has 37 heavy (non-hydrogen) atoms. The highest BCUT2D eigenvalue weighted by Crippen LogP contribution is 2.29. The Morgan fingerprint density at radius 3 is 2.70 bits per heavy atom. The molecule has 6 rings (SSSR count). The van der Waals surface area contributed by atoms with E-state index in [1.807, 2.05) is 72.8 Å². The van der Waals surface area contributed by atoms with E-state index in [0.29, 0.717) is 34.8 Å². The van der Waals surface area contributed by atoms with E-state index < -0.39 is 0 Å². The molecule has 3 aromatic heterocycles. The Balaban J connectivity index is 1.24. The summed E-state index contributed by atoms with van der Waals surface area (Å²) in [4.78, 5) is 20.7. The number of phenols is 1. The number of phenolic OH excluding ortho intramolecular Hbond substituents is 1. The smallest absolute Gasteiger partial charge is 0.272 e. The van der Waals surface area contributed by atoms with Gasteiger partial charge in [-0.2, -0.15) is 9.61 Å². The fourth-order valence-corrected chi connectivity index (χ4v) is 4.53. The average molecular weight is 507 g/mol. The number of anilines is 2. The molecule has 3 heterocycles. The van der Waals surface area contributed by atoms with E-state index in [9.17, 15) is 9.90 Å². The summed E-state index contributed by atoms with van der Waals surface area (Å²) in [6.45, 7) is 0.488. The van der Waals surface area contributed by atoms with Crippen molar-refractivity contribution in [2.75, 3.05) is 10.6 Å². The van der Waals surface area contributed by atoms with Crippen LogP contribution in [0.4, 0.5) is 11.5 Å². The van der Waals surface area contributed by atoms with Crippen molar-refractivity contribution >= 4 is 48.5 Å². The lowest BCUT2D eigenvalue weighted by atomic mass is 10.1. The molecule has 8 nitrogen and oxygen atoms in total. The van der Waals surface area contributed by atoms with Gasteiger partial charge in [-0.1, -0.05) is 51.7 Å². The Bertz CT molecular complexity index is 1740. The first-order valence-electron chi connectivity index (χ1n) is 11.7. The maximum Gasteiger partial charge on any atom is 0.272 e. The molecular weight excluding hydrogens is 483 g/mol. The first kappa shape index (κ1) is 22.8. The van der Waals surface area contributed by atoms with Gasteiger partial charge >= 0.3 is 0 Å². The van der Waals surface area contributed by atoms with Gasteiger partial charge in [0.25, 0.3) is 5.91 Å². The number of amides is 1. The minimum absolute atomic E-state index is 0.161. The van der Waals surface area contributed by atoms with Crippen LogP contribution in [0.25, 0.3) is 27.8 Å². The zero-order valence-electron chi connectivity index (χ0n) is 19.6. The van der Waals surface area contributed by atoms with Crippen LogP contribution >= 0.6 is 9.24 Å². The van der Waals surface area contributed by atoms with Gasteiger partial charge in [-0.15, -0.1) is 0 Å². The molecule has 182 valence electrons. The van der Waals surface area contributed by atoms with Crippen LogP contribution in [0, 0.1) is 0 Å². The predicted octanol–water partition coefficient (Wildman–Crippen LogP) is 4.95. The van der Waals surface area contributed by atoms with Gasteiger partial charge in [-0.05, 0) is 42.0 Å². The predicted molar refractivity (Wildman–Crippen MR) is 149 cm³/mol. The van der Waals surface area contributed by atoms with Crippen molar-refractivity contribution in [1.82, 2.24) is 19.6 Å². The second-order valence-electron chi connectivity index (χ2n) is 8.66. The van der Waals surface area contributed by atoms with E-state index in [-0.39, 0.29) is 11.7 Å². The van der Waals surface area contributed by atoms with Crippen LogP contribution in [0.1, 0.15) is 16.1 Å². The van der Waals surface area contributed by atoms with Crippen molar-refractivity contribution in [3.05, 3.63) is 102 Å². The third kappa shape index (κ3) is 4.50. The summed E-state index contributed by atoms with van der Waals surface area (Å²) in [7, 11) is 2.64. The first-order chi connectivity index (χ1) is 18.0. The Labute approximate surface area is 214 Å². The van der Waals surface area contributed by atoms with Crippen molar-refractivity contribution in [1.29, 1.82) is 0 Å². The van der Waals surface area contributed by atoms with Crippen LogP contribution in [0.5, 0.6) is 5.75 Å². The maximum absolute atomic E-state index is 12.8. The van der Waals surface area contributed by atoms with Gasteiger partial charge in [0, 0.05) is 40.1 Å². The van der Waals surface area contributed by atoms with Gasteiger partial charge in [-0.3, -0.25) is 4.79 Å². The van der Waals surface area contributed by atoms with E-state index in [2.05, 4.69) is 30.0 Å². The summed E-state index contributed by atoms with van der Waals surface area (Å²) in [6, 6.07) is 26.3. The Hall–Kier alpha value is -4.68. The number of rotatable bonds is 6. The Morgan fingerprint density at radius 1 is 1.00 bits per heavy atom. The summed E-state index contributed by atoms with van der Waals surface area (Å²) in [5, 5.41) is 23.0. The van der Waals surface area contributed by atoms with Crippen molar-refractivity contribution in [2.24, 2.45) is 0 Å². The number of nitrogens with one attached hydrogen (secondary N) is 3. The number of nitrogens with zero attached hydrogens (tertiary/aromatic N) is 3. The second kappa shape index (κ2) is 9.41. The standard InChI is InChI=1S/C28H23N6O2P/c35-24-11-4-2-9-20(24)22-14-26(34-27(33-22)25(37)16-30-34)29-15-17-6-5-8-19(12-17)31-28(36)23-13-18-7-1-3-10-21(18)32-23/h1-14,16,29,32,35H,15,37H2,(H,31,36). The molecular formula is C28H23N6O2P. The Kier molecular flexibility index (Phi) is 5.79. The maximum atomic E-state index is 12.8. The zero-order chi connectivity index (χ0) is 25.4. The number of benzene rings is 3. The highest BCUT2D eigenvalue weighted by molar-refractivity contribution is 7.28. The van der Waals surface area contributed by atoms with Crippen LogP contribution in [0.3, 0.4) is 0 Å². The third-order valence-corrected chi connectivity index (χ3v) is 6.52. The van der Waals surface area contributed by atoms with Crippen LogP contribution in [-0.4, -0.2) is 30.6 Å². The molecule has 9 heteroatoms. The van der Waals surface area contributed by atoms with Crippen LogP contribution in [0.15, 0.2) is 91.1 Å². The normalized spacial score (nSPS) is 11.2. The summed E-state index contributed by atoms with van der Waals surface area (Å²) in [6.07, 6.45) is 1.73. The first-order valence-corrected chi connectivity index (χ1v) is 12.3. The SMILES string of the molecule is O=C(Nc1cccc(CNc2cc(-c3ccccc3O)nc3c(P)cnn23)c1)c1cc2ccccc2[nH]1. The topological polar surface area (TPSA) is 107 Å². The van der Waals surface area contributed by atoms with E-state index in [4.69, 9.17) is 4.98 Å². The zero-order valence-corrected chi connectivity index (χ0v) is 20.8. The number of hydrogen-bond donors (Lipinski definition) is 4. The second-order valence-corrected chi connectivity index (χ2v) is 9.28. The van der Waals surface area contributed by atoms with Crippen LogP contribution in [0.2, 0.25) is 0 Å². The molecule has 0 saturated carbocycles. The fourth-order valence-electron chi connectivity index (χ4n) is 4.28. The number of carbonyl (C=O) groups is 1. The molecule has 1 unspecified atom stereocenters. The van der Waals surface area contributed by atoms with Gasteiger partial charge in [-0.25, -0.2) is 4.98 Å². The number of aromatic amines is 1. The average Bonchev–Trinajstić information content (AvgIpc) is 3.52. The lowest BCUT2D eigenvalue weighted by molar-refractivity contribution is 0.102. The highest BCUT2D eigenvalue weighted by Gasteiger charge is 2.14. The van der Waals surface area contributed by atoms with Gasteiger partial charge < -0.3 is 20.7 Å². The molecule has 0 aliphatic carbocycles. The Morgan fingerprint density at radius 2 is 1.84 bits per heavy atom. The number of H-pyrrole nitrogens is 1. The monoisotopic (exact) mass is 506 g/mol. The molecule has 0 aliphatic heterocycles. The van der Waals surface area contributed by atoms with E-state index in [1.165, 1.54) is 0 Å². The molecule has 0 radical (unpaired) electrons. The summed E-state index contributed by atoms with van der Waals surface area (Å²) in [5.74, 6) is 0.687. The number of fused-ring (bicyclic) bond motifs is 2. The third-order valence-electron chi connectivity index (χ3n) is 6.11. The number of para-hydroxylation sites is 2.